The first-order chi connectivity index (χ1) is 9.61. The summed E-state index contributed by atoms with van der Waals surface area (Å²) in [5.74, 6) is -0.217. The molecule has 1 aliphatic carbocycles. The number of rotatable bonds is 3. The summed E-state index contributed by atoms with van der Waals surface area (Å²) in [4.78, 5) is 14.1. The predicted molar refractivity (Wildman–Crippen MR) is 72.1 cm³/mol. The van der Waals surface area contributed by atoms with Gasteiger partial charge in [0.1, 0.15) is 11.6 Å². The number of amides is 1. The number of carbonyl (C=O) groups excluding carboxylic acids is 1. The number of benzene rings is 1. The molecule has 1 heterocycles. The minimum absolute atomic E-state index is 0.236. The van der Waals surface area contributed by atoms with Gasteiger partial charge in [-0.1, -0.05) is 6.42 Å². The fraction of sp³-hybridized carbons (Fsp3) is 0.562. The van der Waals surface area contributed by atoms with Gasteiger partial charge in [-0.15, -0.1) is 0 Å². The Hall–Kier alpha value is -1.45. The van der Waals surface area contributed by atoms with E-state index in [4.69, 9.17) is 0 Å². The number of halogens is 2. The normalized spacial score (nSPS) is 22.9. The molecule has 1 aliphatic heterocycles. The van der Waals surface area contributed by atoms with Gasteiger partial charge in [0.25, 0.3) is 0 Å². The molecule has 1 atom stereocenters. The molecule has 1 aromatic carbocycles. The van der Waals surface area contributed by atoms with Crippen LogP contribution in [0.4, 0.5) is 8.78 Å². The van der Waals surface area contributed by atoms with E-state index in [0.717, 1.165) is 44.8 Å². The van der Waals surface area contributed by atoms with E-state index in [-0.39, 0.29) is 11.8 Å². The molecular weight excluding hydrogens is 260 g/mol. The number of hydrogen-bond acceptors (Lipinski definition) is 1. The van der Waals surface area contributed by atoms with Crippen molar-refractivity contribution in [3.63, 3.8) is 0 Å². The molecule has 1 saturated heterocycles. The molecule has 20 heavy (non-hydrogen) atoms. The maximum absolute atomic E-state index is 13.2. The van der Waals surface area contributed by atoms with Crippen LogP contribution in [0.5, 0.6) is 0 Å². The van der Waals surface area contributed by atoms with Crippen molar-refractivity contribution in [2.75, 3.05) is 13.1 Å². The highest BCUT2D eigenvalue weighted by Crippen LogP contribution is 2.31. The molecule has 2 fully saturated rings. The van der Waals surface area contributed by atoms with Gasteiger partial charge in [-0.25, -0.2) is 8.78 Å². The second-order valence-electron chi connectivity index (χ2n) is 6.05. The largest absolute Gasteiger partial charge is 0.342 e. The topological polar surface area (TPSA) is 20.3 Å². The van der Waals surface area contributed by atoms with Gasteiger partial charge < -0.3 is 4.90 Å². The molecule has 0 bridgehead atoms. The van der Waals surface area contributed by atoms with Gasteiger partial charge in [0.05, 0.1) is 0 Å². The lowest BCUT2D eigenvalue weighted by atomic mass is 9.84. The van der Waals surface area contributed by atoms with Crippen LogP contribution in [0.3, 0.4) is 0 Å². The molecule has 2 nitrogen and oxygen atoms in total. The van der Waals surface area contributed by atoms with E-state index >= 15 is 0 Å². The van der Waals surface area contributed by atoms with E-state index < -0.39 is 11.6 Å². The summed E-state index contributed by atoms with van der Waals surface area (Å²) in [7, 11) is 0. The van der Waals surface area contributed by atoms with Crippen LogP contribution in [0, 0.1) is 23.5 Å². The van der Waals surface area contributed by atoms with Crippen molar-refractivity contribution in [3.05, 3.63) is 35.4 Å². The average molecular weight is 279 g/mol. The predicted octanol–water partition coefficient (Wildman–Crippen LogP) is 3.16. The van der Waals surface area contributed by atoms with Crippen molar-refractivity contribution < 1.29 is 13.6 Å². The van der Waals surface area contributed by atoms with Crippen LogP contribution in [-0.2, 0) is 11.2 Å². The zero-order valence-electron chi connectivity index (χ0n) is 11.4. The fourth-order valence-corrected chi connectivity index (χ4v) is 3.17. The average Bonchev–Trinajstić information content (AvgIpc) is 2.73. The Morgan fingerprint density at radius 2 is 1.85 bits per heavy atom. The van der Waals surface area contributed by atoms with E-state index in [1.165, 1.54) is 12.1 Å². The summed E-state index contributed by atoms with van der Waals surface area (Å²) in [6, 6.07) is 3.67. The zero-order valence-corrected chi connectivity index (χ0v) is 11.4. The minimum atomic E-state index is -0.527. The monoisotopic (exact) mass is 279 g/mol. The molecule has 2 aliphatic rings. The Kier molecular flexibility index (Phi) is 3.72. The standard InChI is InChI=1S/C16H19F2NO/c17-14-7-12(8-15(18)9-14)6-11-4-5-19(10-11)16(20)13-2-1-3-13/h7-9,11,13H,1-6,10H2. The summed E-state index contributed by atoms with van der Waals surface area (Å²) in [6.45, 7) is 1.52. The van der Waals surface area contributed by atoms with Crippen LogP contribution in [0.15, 0.2) is 18.2 Å². The number of nitrogens with zero attached hydrogens (tertiary/aromatic N) is 1. The van der Waals surface area contributed by atoms with Gasteiger partial charge >= 0.3 is 0 Å². The molecule has 0 spiro atoms. The zero-order chi connectivity index (χ0) is 14.1. The van der Waals surface area contributed by atoms with Crippen molar-refractivity contribution in [1.82, 2.24) is 4.90 Å². The first kappa shape index (κ1) is 13.5. The quantitative estimate of drug-likeness (QED) is 0.832. The molecule has 4 heteroatoms. The van der Waals surface area contributed by atoms with Crippen LogP contribution >= 0.6 is 0 Å². The van der Waals surface area contributed by atoms with E-state index in [1.807, 2.05) is 4.90 Å². The molecule has 1 aromatic rings. The Labute approximate surface area is 117 Å². The lowest BCUT2D eigenvalue weighted by Crippen LogP contribution is -2.37. The summed E-state index contributed by atoms with van der Waals surface area (Å²) >= 11 is 0. The molecule has 0 aromatic heterocycles. The number of hydrogen-bond donors (Lipinski definition) is 0. The second-order valence-corrected chi connectivity index (χ2v) is 6.05. The van der Waals surface area contributed by atoms with E-state index in [0.29, 0.717) is 17.9 Å². The van der Waals surface area contributed by atoms with E-state index in [2.05, 4.69) is 0 Å². The number of likely N-dealkylation sites (tertiary alicyclic amines) is 1. The molecule has 0 radical (unpaired) electrons. The van der Waals surface area contributed by atoms with Gasteiger partial charge in [-0.05, 0) is 49.3 Å². The third-order valence-corrected chi connectivity index (χ3v) is 4.50. The third-order valence-electron chi connectivity index (χ3n) is 4.50. The molecule has 1 unspecified atom stereocenters. The minimum Gasteiger partial charge on any atom is -0.342 e. The van der Waals surface area contributed by atoms with Crippen LogP contribution in [0.2, 0.25) is 0 Å². The summed E-state index contributed by atoms with van der Waals surface area (Å²) < 4.78 is 26.3. The van der Waals surface area contributed by atoms with Crippen LogP contribution in [0.1, 0.15) is 31.2 Å². The number of carbonyl (C=O) groups is 1. The van der Waals surface area contributed by atoms with Crippen LogP contribution in [0.25, 0.3) is 0 Å². The van der Waals surface area contributed by atoms with Crippen molar-refractivity contribution in [3.8, 4) is 0 Å². The Balaban J connectivity index is 1.58. The van der Waals surface area contributed by atoms with Gasteiger partial charge in [-0.2, -0.15) is 0 Å². The maximum Gasteiger partial charge on any atom is 0.225 e. The Bertz CT molecular complexity index is 493. The van der Waals surface area contributed by atoms with Crippen molar-refractivity contribution in [1.29, 1.82) is 0 Å². The highest BCUT2D eigenvalue weighted by molar-refractivity contribution is 5.79. The first-order valence-electron chi connectivity index (χ1n) is 7.35. The summed E-state index contributed by atoms with van der Waals surface area (Å²) in [5.41, 5.74) is 0.686. The summed E-state index contributed by atoms with van der Waals surface area (Å²) in [6.07, 6.45) is 4.78. The molecule has 1 saturated carbocycles. The Morgan fingerprint density at radius 1 is 1.15 bits per heavy atom. The molecular formula is C16H19F2NO. The molecule has 1 amide bonds. The van der Waals surface area contributed by atoms with Crippen LogP contribution in [-0.4, -0.2) is 23.9 Å². The third kappa shape index (κ3) is 2.84. The van der Waals surface area contributed by atoms with Gasteiger partial charge in [0.2, 0.25) is 5.91 Å². The first-order valence-corrected chi connectivity index (χ1v) is 7.35. The molecule has 0 N–H and O–H groups in total. The van der Waals surface area contributed by atoms with Gasteiger partial charge in [-0.3, -0.25) is 4.79 Å². The Morgan fingerprint density at radius 3 is 2.45 bits per heavy atom. The van der Waals surface area contributed by atoms with E-state index in [1.54, 1.807) is 0 Å². The molecule has 3 rings (SSSR count). The lowest BCUT2D eigenvalue weighted by molar-refractivity contribution is -0.137. The van der Waals surface area contributed by atoms with Gasteiger partial charge in [0, 0.05) is 25.1 Å². The fourth-order valence-electron chi connectivity index (χ4n) is 3.17. The van der Waals surface area contributed by atoms with Crippen molar-refractivity contribution in [2.45, 2.75) is 32.1 Å². The van der Waals surface area contributed by atoms with Gasteiger partial charge in [0.15, 0.2) is 0 Å². The maximum atomic E-state index is 13.2. The lowest BCUT2D eigenvalue weighted by Gasteiger charge is -2.29. The SMILES string of the molecule is O=C(C1CCC1)N1CCC(Cc2cc(F)cc(F)c2)C1. The molecule has 108 valence electrons. The van der Waals surface area contributed by atoms with Crippen LogP contribution < -0.4 is 0 Å². The van der Waals surface area contributed by atoms with Crippen molar-refractivity contribution >= 4 is 5.91 Å². The smallest absolute Gasteiger partial charge is 0.225 e. The van der Waals surface area contributed by atoms with Crippen molar-refractivity contribution in [2.24, 2.45) is 11.8 Å². The highest BCUT2D eigenvalue weighted by atomic mass is 19.1. The summed E-state index contributed by atoms with van der Waals surface area (Å²) in [5, 5.41) is 0. The highest BCUT2D eigenvalue weighted by Gasteiger charge is 2.33. The second kappa shape index (κ2) is 5.51. The van der Waals surface area contributed by atoms with E-state index in [9.17, 15) is 13.6 Å².